The maximum atomic E-state index is 11.2. The Morgan fingerprint density at radius 3 is 2.86 bits per heavy atom. The summed E-state index contributed by atoms with van der Waals surface area (Å²) in [6.45, 7) is 3.89. The Kier molecular flexibility index (Phi) is 4.90. The van der Waals surface area contributed by atoms with Crippen molar-refractivity contribution >= 4 is 5.91 Å². The molecule has 0 atom stereocenters. The predicted octanol–water partition coefficient (Wildman–Crippen LogP) is 0.267. The molecule has 0 aliphatic heterocycles. The van der Waals surface area contributed by atoms with Crippen LogP contribution in [0.15, 0.2) is 0 Å². The van der Waals surface area contributed by atoms with Crippen molar-refractivity contribution < 1.29 is 9.53 Å². The summed E-state index contributed by atoms with van der Waals surface area (Å²) in [6, 6.07) is 0.361. The molecule has 1 fully saturated rings. The highest BCUT2D eigenvalue weighted by Crippen LogP contribution is 2.24. The monoisotopic (exact) mass is 200 g/mol. The molecule has 14 heavy (non-hydrogen) atoms. The summed E-state index contributed by atoms with van der Waals surface area (Å²) in [7, 11) is 0. The highest BCUT2D eigenvalue weighted by molar-refractivity contribution is 5.75. The highest BCUT2D eigenvalue weighted by Gasteiger charge is 2.25. The van der Waals surface area contributed by atoms with Gasteiger partial charge in [-0.3, -0.25) is 4.79 Å². The lowest BCUT2D eigenvalue weighted by molar-refractivity contribution is -0.122. The molecule has 0 heterocycles. The first-order valence-corrected chi connectivity index (χ1v) is 5.32. The van der Waals surface area contributed by atoms with Gasteiger partial charge in [0.2, 0.25) is 5.91 Å². The first-order valence-electron chi connectivity index (χ1n) is 5.32. The Bertz CT molecular complexity index is 179. The van der Waals surface area contributed by atoms with Crippen LogP contribution >= 0.6 is 0 Å². The number of amides is 1. The van der Waals surface area contributed by atoms with Gasteiger partial charge in [0.15, 0.2) is 0 Å². The SMILES string of the molecule is CCOCCC(=O)NCC1CC(N)C1. The van der Waals surface area contributed by atoms with Crippen LogP contribution in [-0.4, -0.2) is 31.7 Å². The van der Waals surface area contributed by atoms with E-state index in [-0.39, 0.29) is 5.91 Å². The minimum Gasteiger partial charge on any atom is -0.381 e. The second-order valence-electron chi connectivity index (χ2n) is 3.85. The predicted molar refractivity (Wildman–Crippen MR) is 54.8 cm³/mol. The van der Waals surface area contributed by atoms with Gasteiger partial charge in [-0.2, -0.15) is 0 Å². The normalized spacial score (nSPS) is 25.6. The number of hydrogen-bond donors (Lipinski definition) is 2. The van der Waals surface area contributed by atoms with Gasteiger partial charge >= 0.3 is 0 Å². The number of nitrogens with two attached hydrogens (primary N) is 1. The standard InChI is InChI=1S/C10H20N2O2/c1-2-14-4-3-10(13)12-7-8-5-9(11)6-8/h8-9H,2-7,11H2,1H3,(H,12,13). The molecule has 0 spiro atoms. The molecule has 0 bridgehead atoms. The molecule has 1 saturated carbocycles. The maximum Gasteiger partial charge on any atom is 0.222 e. The van der Waals surface area contributed by atoms with Crippen molar-refractivity contribution in [1.82, 2.24) is 5.32 Å². The molecule has 0 aromatic carbocycles. The summed E-state index contributed by atoms with van der Waals surface area (Å²) in [5.74, 6) is 0.681. The number of ether oxygens (including phenoxy) is 1. The molecular formula is C10H20N2O2. The molecule has 4 nitrogen and oxygen atoms in total. The van der Waals surface area contributed by atoms with Crippen molar-refractivity contribution in [3.05, 3.63) is 0 Å². The van der Waals surface area contributed by atoms with Gasteiger partial charge in [-0.15, -0.1) is 0 Å². The third-order valence-corrected chi connectivity index (χ3v) is 2.54. The summed E-state index contributed by atoms with van der Waals surface area (Å²) in [5, 5.41) is 2.89. The van der Waals surface area contributed by atoms with Crippen molar-refractivity contribution in [1.29, 1.82) is 0 Å². The van der Waals surface area contributed by atoms with Gasteiger partial charge in [-0.1, -0.05) is 0 Å². The first-order chi connectivity index (χ1) is 6.72. The van der Waals surface area contributed by atoms with E-state index in [1.165, 1.54) is 0 Å². The quantitative estimate of drug-likeness (QED) is 0.605. The Morgan fingerprint density at radius 2 is 2.29 bits per heavy atom. The molecule has 4 heteroatoms. The topological polar surface area (TPSA) is 64.3 Å². The molecule has 0 aromatic rings. The fourth-order valence-electron chi connectivity index (χ4n) is 1.61. The average molecular weight is 200 g/mol. The van der Waals surface area contributed by atoms with E-state index in [1.54, 1.807) is 0 Å². The Labute approximate surface area is 85.2 Å². The Hall–Kier alpha value is -0.610. The minimum atomic E-state index is 0.0823. The van der Waals surface area contributed by atoms with E-state index in [9.17, 15) is 4.79 Å². The number of carbonyl (C=O) groups excluding carboxylic acids is 1. The van der Waals surface area contributed by atoms with Crippen LogP contribution in [0.3, 0.4) is 0 Å². The fraction of sp³-hybridized carbons (Fsp3) is 0.900. The largest absolute Gasteiger partial charge is 0.381 e. The van der Waals surface area contributed by atoms with Gasteiger partial charge in [0.1, 0.15) is 0 Å². The maximum absolute atomic E-state index is 11.2. The molecule has 0 aromatic heterocycles. The number of carbonyl (C=O) groups is 1. The van der Waals surface area contributed by atoms with Crippen LogP contribution in [0.2, 0.25) is 0 Å². The molecule has 0 saturated heterocycles. The molecular weight excluding hydrogens is 180 g/mol. The zero-order valence-corrected chi connectivity index (χ0v) is 8.79. The van der Waals surface area contributed by atoms with Gasteiger partial charge in [-0.05, 0) is 25.7 Å². The smallest absolute Gasteiger partial charge is 0.222 e. The van der Waals surface area contributed by atoms with E-state index >= 15 is 0 Å². The zero-order valence-electron chi connectivity index (χ0n) is 8.79. The van der Waals surface area contributed by atoms with E-state index in [4.69, 9.17) is 10.5 Å². The lowest BCUT2D eigenvalue weighted by Crippen LogP contribution is -2.42. The van der Waals surface area contributed by atoms with Crippen molar-refractivity contribution in [3.8, 4) is 0 Å². The second-order valence-corrected chi connectivity index (χ2v) is 3.85. The van der Waals surface area contributed by atoms with Crippen molar-refractivity contribution in [2.75, 3.05) is 19.8 Å². The van der Waals surface area contributed by atoms with E-state index in [1.807, 2.05) is 6.92 Å². The van der Waals surface area contributed by atoms with Crippen LogP contribution in [0.25, 0.3) is 0 Å². The van der Waals surface area contributed by atoms with Crippen LogP contribution in [0, 0.1) is 5.92 Å². The van der Waals surface area contributed by atoms with Crippen LogP contribution in [-0.2, 0) is 9.53 Å². The highest BCUT2D eigenvalue weighted by atomic mass is 16.5. The summed E-state index contributed by atoms with van der Waals surface area (Å²) in [4.78, 5) is 11.2. The molecule has 0 radical (unpaired) electrons. The molecule has 3 N–H and O–H groups in total. The van der Waals surface area contributed by atoms with Crippen LogP contribution in [0.5, 0.6) is 0 Å². The van der Waals surface area contributed by atoms with Gasteiger partial charge in [0.05, 0.1) is 6.61 Å². The molecule has 1 aliphatic carbocycles. The average Bonchev–Trinajstić information content (AvgIpc) is 2.11. The molecule has 1 aliphatic rings. The minimum absolute atomic E-state index is 0.0823. The van der Waals surface area contributed by atoms with Crippen molar-refractivity contribution in [2.24, 2.45) is 11.7 Å². The summed E-state index contributed by atoms with van der Waals surface area (Å²) >= 11 is 0. The number of nitrogens with one attached hydrogen (secondary N) is 1. The first kappa shape index (κ1) is 11.5. The Balaban J connectivity index is 1.93. The van der Waals surface area contributed by atoms with Crippen molar-refractivity contribution in [2.45, 2.75) is 32.2 Å². The van der Waals surface area contributed by atoms with E-state index in [2.05, 4.69) is 5.32 Å². The summed E-state index contributed by atoms with van der Waals surface area (Å²) in [6.07, 6.45) is 2.56. The fourth-order valence-corrected chi connectivity index (χ4v) is 1.61. The summed E-state index contributed by atoms with van der Waals surface area (Å²) in [5.41, 5.74) is 5.64. The molecule has 1 amide bonds. The van der Waals surface area contributed by atoms with Crippen LogP contribution in [0.1, 0.15) is 26.2 Å². The second kappa shape index (κ2) is 5.98. The number of hydrogen-bond acceptors (Lipinski definition) is 3. The summed E-state index contributed by atoms with van der Waals surface area (Å²) < 4.78 is 5.09. The van der Waals surface area contributed by atoms with Crippen molar-refractivity contribution in [3.63, 3.8) is 0 Å². The van der Waals surface area contributed by atoms with Crippen LogP contribution in [0.4, 0.5) is 0 Å². The van der Waals surface area contributed by atoms with Gasteiger partial charge in [-0.25, -0.2) is 0 Å². The lowest BCUT2D eigenvalue weighted by atomic mass is 9.81. The van der Waals surface area contributed by atoms with E-state index in [0.29, 0.717) is 31.6 Å². The van der Waals surface area contributed by atoms with E-state index in [0.717, 1.165) is 19.4 Å². The molecule has 0 unspecified atom stereocenters. The molecule has 82 valence electrons. The zero-order chi connectivity index (χ0) is 10.4. The van der Waals surface area contributed by atoms with E-state index < -0.39 is 0 Å². The van der Waals surface area contributed by atoms with Gasteiger partial charge in [0, 0.05) is 25.6 Å². The Morgan fingerprint density at radius 1 is 1.57 bits per heavy atom. The van der Waals surface area contributed by atoms with Gasteiger partial charge < -0.3 is 15.8 Å². The van der Waals surface area contributed by atoms with Crippen LogP contribution < -0.4 is 11.1 Å². The van der Waals surface area contributed by atoms with Gasteiger partial charge in [0.25, 0.3) is 0 Å². The molecule has 1 rings (SSSR count). The third kappa shape index (κ3) is 4.07. The third-order valence-electron chi connectivity index (χ3n) is 2.54. The lowest BCUT2D eigenvalue weighted by Gasteiger charge is -2.32. The number of rotatable bonds is 6.